The Morgan fingerprint density at radius 1 is 1.09 bits per heavy atom. The highest BCUT2D eigenvalue weighted by Crippen LogP contribution is 2.35. The largest absolute Gasteiger partial charge is 0.340 e. The second kappa shape index (κ2) is 6.80. The predicted octanol–water partition coefficient (Wildman–Crippen LogP) is 1.37. The van der Waals surface area contributed by atoms with E-state index in [0.717, 1.165) is 58.5 Å². The highest BCUT2D eigenvalue weighted by atomic mass is 16.2. The molecule has 2 fully saturated rings. The van der Waals surface area contributed by atoms with Gasteiger partial charge in [-0.25, -0.2) is 0 Å². The molecule has 0 saturated carbocycles. The Labute approximate surface area is 133 Å². The van der Waals surface area contributed by atoms with Crippen molar-refractivity contribution in [3.63, 3.8) is 0 Å². The molecule has 4 nitrogen and oxygen atoms in total. The van der Waals surface area contributed by atoms with Crippen LogP contribution < -0.4 is 5.32 Å². The second-order valence-electron chi connectivity index (χ2n) is 6.79. The van der Waals surface area contributed by atoms with Gasteiger partial charge in [0.1, 0.15) is 0 Å². The second-order valence-corrected chi connectivity index (χ2v) is 6.79. The van der Waals surface area contributed by atoms with Crippen LogP contribution in [0.25, 0.3) is 0 Å². The van der Waals surface area contributed by atoms with Gasteiger partial charge < -0.3 is 15.1 Å². The number of carbonyl (C=O) groups is 1. The molecule has 0 aromatic heterocycles. The number of nitrogens with one attached hydrogen (secondary N) is 1. The SMILES string of the molecule is CN1CCN(C(=O)C2(Cc3ccccc3)CCNCC2)CC1. The lowest BCUT2D eigenvalue weighted by Gasteiger charge is -2.42. The van der Waals surface area contributed by atoms with E-state index in [0.29, 0.717) is 5.91 Å². The van der Waals surface area contributed by atoms with E-state index in [1.54, 1.807) is 0 Å². The van der Waals surface area contributed by atoms with Gasteiger partial charge in [0.25, 0.3) is 0 Å². The van der Waals surface area contributed by atoms with Crippen molar-refractivity contribution in [3.05, 3.63) is 35.9 Å². The summed E-state index contributed by atoms with van der Waals surface area (Å²) in [4.78, 5) is 17.7. The Bertz CT molecular complexity index is 488. The molecule has 22 heavy (non-hydrogen) atoms. The highest BCUT2D eigenvalue weighted by molar-refractivity contribution is 5.83. The molecule has 1 aromatic carbocycles. The number of hydrogen-bond acceptors (Lipinski definition) is 3. The lowest BCUT2D eigenvalue weighted by atomic mass is 9.73. The first-order valence-electron chi connectivity index (χ1n) is 8.42. The fourth-order valence-corrected chi connectivity index (χ4v) is 3.70. The van der Waals surface area contributed by atoms with Gasteiger partial charge in [-0.3, -0.25) is 4.79 Å². The summed E-state index contributed by atoms with van der Waals surface area (Å²) >= 11 is 0. The van der Waals surface area contributed by atoms with Crippen molar-refractivity contribution in [2.24, 2.45) is 5.41 Å². The first-order chi connectivity index (χ1) is 10.7. The fourth-order valence-electron chi connectivity index (χ4n) is 3.70. The van der Waals surface area contributed by atoms with Crippen molar-refractivity contribution < 1.29 is 4.79 Å². The van der Waals surface area contributed by atoms with Crippen LogP contribution in [0.4, 0.5) is 0 Å². The average molecular weight is 301 g/mol. The maximum atomic E-state index is 13.3. The number of carbonyl (C=O) groups excluding carboxylic acids is 1. The van der Waals surface area contributed by atoms with E-state index < -0.39 is 0 Å². The number of amides is 1. The van der Waals surface area contributed by atoms with Crippen LogP contribution in [-0.4, -0.2) is 62.0 Å². The van der Waals surface area contributed by atoms with Crippen LogP contribution in [-0.2, 0) is 11.2 Å². The molecule has 3 rings (SSSR count). The van der Waals surface area contributed by atoms with E-state index in [9.17, 15) is 4.79 Å². The summed E-state index contributed by atoms with van der Waals surface area (Å²) in [6.45, 7) is 5.63. The van der Waals surface area contributed by atoms with Crippen LogP contribution in [0, 0.1) is 5.41 Å². The molecule has 4 heteroatoms. The normalized spacial score (nSPS) is 22.5. The van der Waals surface area contributed by atoms with Crippen molar-refractivity contribution in [2.45, 2.75) is 19.3 Å². The average Bonchev–Trinajstić information content (AvgIpc) is 2.57. The van der Waals surface area contributed by atoms with Gasteiger partial charge in [-0.1, -0.05) is 30.3 Å². The zero-order chi connectivity index (χ0) is 15.4. The Morgan fingerprint density at radius 2 is 1.73 bits per heavy atom. The van der Waals surface area contributed by atoms with Crippen molar-refractivity contribution in [1.82, 2.24) is 15.1 Å². The molecule has 1 amide bonds. The summed E-state index contributed by atoms with van der Waals surface area (Å²) in [6, 6.07) is 10.5. The van der Waals surface area contributed by atoms with E-state index in [1.807, 2.05) is 6.07 Å². The molecule has 0 bridgehead atoms. The van der Waals surface area contributed by atoms with Crippen molar-refractivity contribution in [3.8, 4) is 0 Å². The van der Waals surface area contributed by atoms with E-state index >= 15 is 0 Å². The topological polar surface area (TPSA) is 35.6 Å². The fraction of sp³-hybridized carbons (Fsp3) is 0.611. The summed E-state index contributed by atoms with van der Waals surface area (Å²) in [6.07, 6.45) is 2.78. The smallest absolute Gasteiger partial charge is 0.229 e. The number of piperazine rings is 1. The Balaban J connectivity index is 1.78. The Kier molecular flexibility index (Phi) is 4.79. The van der Waals surface area contributed by atoms with Crippen molar-refractivity contribution in [1.29, 1.82) is 0 Å². The molecular formula is C18H27N3O. The standard InChI is InChI=1S/C18H27N3O/c1-20-11-13-21(14-12-20)17(22)18(7-9-19-10-8-18)15-16-5-3-2-4-6-16/h2-6,19H,7-15H2,1H3. The van der Waals surface area contributed by atoms with E-state index in [1.165, 1.54) is 5.56 Å². The summed E-state index contributed by atoms with van der Waals surface area (Å²) in [7, 11) is 2.13. The van der Waals surface area contributed by atoms with Crippen molar-refractivity contribution in [2.75, 3.05) is 46.3 Å². The summed E-state index contributed by atoms with van der Waals surface area (Å²) < 4.78 is 0. The third kappa shape index (κ3) is 3.33. The zero-order valence-electron chi connectivity index (χ0n) is 13.6. The molecule has 2 aliphatic rings. The van der Waals surface area contributed by atoms with Gasteiger partial charge in [-0.15, -0.1) is 0 Å². The van der Waals surface area contributed by atoms with Gasteiger partial charge in [0.05, 0.1) is 5.41 Å². The molecule has 120 valence electrons. The quantitative estimate of drug-likeness (QED) is 0.916. The maximum absolute atomic E-state index is 13.3. The lowest BCUT2D eigenvalue weighted by molar-refractivity contribution is -0.145. The molecule has 0 atom stereocenters. The molecule has 1 N–H and O–H groups in total. The number of likely N-dealkylation sites (N-methyl/N-ethyl adjacent to an activating group) is 1. The number of nitrogens with zero attached hydrogens (tertiary/aromatic N) is 2. The molecule has 0 aliphatic carbocycles. The van der Waals surface area contributed by atoms with Crippen LogP contribution in [0.5, 0.6) is 0 Å². The first kappa shape index (κ1) is 15.5. The van der Waals surface area contributed by atoms with Crippen LogP contribution in [0.15, 0.2) is 30.3 Å². The molecule has 2 aliphatic heterocycles. The third-order valence-electron chi connectivity index (χ3n) is 5.19. The van der Waals surface area contributed by atoms with Crippen molar-refractivity contribution >= 4 is 5.91 Å². The van der Waals surface area contributed by atoms with Crippen LogP contribution in [0.2, 0.25) is 0 Å². The Morgan fingerprint density at radius 3 is 2.36 bits per heavy atom. The van der Waals surface area contributed by atoms with Gasteiger partial charge in [0.15, 0.2) is 0 Å². The number of piperidine rings is 1. The number of rotatable bonds is 3. The first-order valence-corrected chi connectivity index (χ1v) is 8.42. The van der Waals surface area contributed by atoms with Gasteiger partial charge in [0, 0.05) is 26.2 Å². The summed E-state index contributed by atoms with van der Waals surface area (Å²) in [5, 5.41) is 3.41. The van der Waals surface area contributed by atoms with Gasteiger partial charge >= 0.3 is 0 Å². The van der Waals surface area contributed by atoms with E-state index in [4.69, 9.17) is 0 Å². The minimum atomic E-state index is -0.206. The molecule has 2 heterocycles. The van der Waals surface area contributed by atoms with Gasteiger partial charge in [0.2, 0.25) is 5.91 Å². The van der Waals surface area contributed by atoms with E-state index in [-0.39, 0.29) is 5.41 Å². The van der Waals surface area contributed by atoms with Crippen LogP contribution >= 0.6 is 0 Å². The van der Waals surface area contributed by atoms with E-state index in [2.05, 4.69) is 46.4 Å². The minimum absolute atomic E-state index is 0.206. The highest BCUT2D eigenvalue weighted by Gasteiger charge is 2.42. The molecule has 0 radical (unpaired) electrons. The minimum Gasteiger partial charge on any atom is -0.340 e. The van der Waals surface area contributed by atoms with Crippen LogP contribution in [0.3, 0.4) is 0 Å². The summed E-state index contributed by atoms with van der Waals surface area (Å²) in [5.41, 5.74) is 1.08. The zero-order valence-corrected chi connectivity index (χ0v) is 13.6. The molecule has 2 saturated heterocycles. The molecule has 1 aromatic rings. The molecule has 0 unspecified atom stereocenters. The number of benzene rings is 1. The van der Waals surface area contributed by atoms with Crippen LogP contribution in [0.1, 0.15) is 18.4 Å². The lowest BCUT2D eigenvalue weighted by Crippen LogP contribution is -2.55. The monoisotopic (exact) mass is 301 g/mol. The third-order valence-corrected chi connectivity index (χ3v) is 5.19. The summed E-state index contributed by atoms with van der Waals surface area (Å²) in [5.74, 6) is 0.381. The number of hydrogen-bond donors (Lipinski definition) is 1. The molecule has 0 spiro atoms. The molecular weight excluding hydrogens is 274 g/mol. The van der Waals surface area contributed by atoms with Gasteiger partial charge in [-0.2, -0.15) is 0 Å². The predicted molar refractivity (Wildman–Crippen MR) is 88.8 cm³/mol. The maximum Gasteiger partial charge on any atom is 0.229 e. The Hall–Kier alpha value is -1.39. The van der Waals surface area contributed by atoms with Gasteiger partial charge in [-0.05, 0) is 45.0 Å².